The monoisotopic (exact) mass is 441 g/mol. The molecule has 0 radical (unpaired) electrons. The Labute approximate surface area is 182 Å². The molecule has 4 aromatic rings. The van der Waals surface area contributed by atoms with Gasteiger partial charge in [-0.15, -0.1) is 0 Å². The van der Waals surface area contributed by atoms with Crippen molar-refractivity contribution in [3.63, 3.8) is 0 Å². The van der Waals surface area contributed by atoms with Crippen molar-refractivity contribution in [2.75, 3.05) is 13.1 Å². The Morgan fingerprint density at radius 3 is 2.44 bits per heavy atom. The van der Waals surface area contributed by atoms with Crippen LogP contribution in [-0.2, 0) is 12.6 Å². The molecule has 6 nitrogen and oxygen atoms in total. The van der Waals surface area contributed by atoms with Crippen LogP contribution in [0.15, 0.2) is 48.5 Å². The Morgan fingerprint density at radius 1 is 1.03 bits per heavy atom. The van der Waals surface area contributed by atoms with Crippen LogP contribution in [0.25, 0.3) is 28.2 Å². The van der Waals surface area contributed by atoms with Gasteiger partial charge in [0.15, 0.2) is 0 Å². The zero-order valence-electron chi connectivity index (χ0n) is 17.2. The molecule has 2 aromatic heterocycles. The van der Waals surface area contributed by atoms with E-state index in [2.05, 4.69) is 20.4 Å². The van der Waals surface area contributed by atoms with Crippen molar-refractivity contribution in [2.45, 2.75) is 25.4 Å². The smallest absolute Gasteiger partial charge is 0.416 e. The predicted octanol–water partition coefficient (Wildman–Crippen LogP) is 4.68. The third-order valence-electron chi connectivity index (χ3n) is 5.97. The fourth-order valence-electron chi connectivity index (χ4n) is 4.24. The lowest BCUT2D eigenvalue weighted by Gasteiger charge is -2.22. The van der Waals surface area contributed by atoms with Crippen LogP contribution in [0.1, 0.15) is 24.0 Å². The molecule has 0 saturated carbocycles. The Kier molecular flexibility index (Phi) is 5.13. The van der Waals surface area contributed by atoms with Crippen molar-refractivity contribution in [3.05, 3.63) is 59.7 Å². The lowest BCUT2D eigenvalue weighted by Crippen LogP contribution is -2.28. The highest BCUT2D eigenvalue weighted by molar-refractivity contribution is 5.76. The molecule has 2 aromatic carbocycles. The van der Waals surface area contributed by atoms with Gasteiger partial charge in [0.05, 0.1) is 16.6 Å². The van der Waals surface area contributed by atoms with Gasteiger partial charge in [-0.05, 0) is 62.5 Å². The predicted molar refractivity (Wildman–Crippen MR) is 115 cm³/mol. The number of nitrogens with zero attached hydrogens (tertiary/aromatic N) is 3. The summed E-state index contributed by atoms with van der Waals surface area (Å²) in [7, 11) is 0. The first-order valence-corrected chi connectivity index (χ1v) is 10.5. The van der Waals surface area contributed by atoms with Crippen LogP contribution < -0.4 is 5.32 Å². The van der Waals surface area contributed by atoms with Gasteiger partial charge in [-0.25, -0.2) is 4.98 Å². The van der Waals surface area contributed by atoms with Gasteiger partial charge in [0.2, 0.25) is 11.8 Å². The van der Waals surface area contributed by atoms with Gasteiger partial charge in [0, 0.05) is 11.1 Å². The molecule has 32 heavy (non-hydrogen) atoms. The number of nitrogens with one attached hydrogen (secondary N) is 2. The summed E-state index contributed by atoms with van der Waals surface area (Å²) < 4.78 is 40.4. The van der Waals surface area contributed by atoms with Crippen LogP contribution >= 0.6 is 0 Å². The van der Waals surface area contributed by atoms with E-state index in [1.54, 1.807) is 0 Å². The molecule has 166 valence electrons. The van der Waals surface area contributed by atoms with Gasteiger partial charge in [0.25, 0.3) is 0 Å². The molecule has 5 rings (SSSR count). The first kappa shape index (κ1) is 20.6. The summed E-state index contributed by atoms with van der Waals surface area (Å²) in [6, 6.07) is 12.4. The zero-order valence-corrected chi connectivity index (χ0v) is 17.2. The number of halogens is 3. The minimum atomic E-state index is -4.41. The highest BCUT2D eigenvalue weighted by Gasteiger charge is 2.31. The molecule has 0 aliphatic carbocycles. The minimum Gasteiger partial charge on any atom is -0.493 e. The van der Waals surface area contributed by atoms with E-state index < -0.39 is 11.7 Å². The molecule has 9 heteroatoms. The average molecular weight is 441 g/mol. The summed E-state index contributed by atoms with van der Waals surface area (Å²) in [6.07, 6.45) is -1.90. The van der Waals surface area contributed by atoms with Gasteiger partial charge in [0.1, 0.15) is 5.69 Å². The van der Waals surface area contributed by atoms with Crippen molar-refractivity contribution in [2.24, 2.45) is 5.92 Å². The number of hydrogen-bond donors (Lipinski definition) is 3. The maximum atomic E-state index is 13.0. The van der Waals surface area contributed by atoms with E-state index in [0.717, 1.165) is 49.1 Å². The number of benzene rings is 2. The molecule has 0 unspecified atom stereocenters. The summed E-state index contributed by atoms with van der Waals surface area (Å²) in [5.74, 6) is 0.662. The Balaban J connectivity index is 1.59. The number of aromatic nitrogens is 4. The Bertz CT molecular complexity index is 1200. The number of fused-ring (bicyclic) bond motifs is 1. The second-order valence-corrected chi connectivity index (χ2v) is 8.11. The number of imidazole rings is 1. The summed E-state index contributed by atoms with van der Waals surface area (Å²) in [6.45, 7) is 1.80. The molecule has 1 fully saturated rings. The van der Waals surface area contributed by atoms with Crippen LogP contribution in [0.5, 0.6) is 5.88 Å². The maximum Gasteiger partial charge on any atom is 0.416 e. The molecule has 0 amide bonds. The van der Waals surface area contributed by atoms with E-state index in [4.69, 9.17) is 0 Å². The SMILES string of the molecule is Oc1c(CC2CCNCC2)c(-c2ccc(C(F)(F)F)cc2)nn1-c1nc2ccccc2[nH]1. The highest BCUT2D eigenvalue weighted by Crippen LogP contribution is 2.36. The molecule has 0 bridgehead atoms. The molecule has 3 N–H and O–H groups in total. The van der Waals surface area contributed by atoms with E-state index >= 15 is 0 Å². The third-order valence-corrected chi connectivity index (χ3v) is 5.97. The molecular formula is C23H22F3N5O. The quantitative estimate of drug-likeness (QED) is 0.430. The normalized spacial score (nSPS) is 15.5. The summed E-state index contributed by atoms with van der Waals surface area (Å²) in [4.78, 5) is 7.66. The van der Waals surface area contributed by atoms with Crippen molar-refractivity contribution in [1.29, 1.82) is 0 Å². The molecule has 3 heterocycles. The first-order valence-electron chi connectivity index (χ1n) is 10.5. The van der Waals surface area contributed by atoms with Crippen LogP contribution in [0, 0.1) is 5.92 Å². The van der Waals surface area contributed by atoms with Crippen LogP contribution in [0.4, 0.5) is 13.2 Å². The number of aromatic amines is 1. The second kappa shape index (κ2) is 7.98. The van der Waals surface area contributed by atoms with E-state index in [-0.39, 0.29) is 5.88 Å². The highest BCUT2D eigenvalue weighted by atomic mass is 19.4. The zero-order chi connectivity index (χ0) is 22.3. The standard InChI is InChI=1S/C23H22F3N5O/c24-23(25,26)16-7-5-15(6-8-16)20-17(13-14-9-11-27-12-10-14)21(32)31(30-20)22-28-18-3-1-2-4-19(18)29-22/h1-8,14,27,32H,9-13H2,(H,28,29). The third kappa shape index (κ3) is 3.84. The largest absolute Gasteiger partial charge is 0.493 e. The summed E-state index contributed by atoms with van der Waals surface area (Å²) in [5.41, 5.74) is 2.42. The summed E-state index contributed by atoms with van der Waals surface area (Å²) in [5, 5.41) is 19.0. The Morgan fingerprint density at radius 2 is 1.75 bits per heavy atom. The lowest BCUT2D eigenvalue weighted by atomic mass is 9.90. The maximum absolute atomic E-state index is 13.0. The van der Waals surface area contributed by atoms with Crippen LogP contribution in [0.3, 0.4) is 0 Å². The topological polar surface area (TPSA) is 78.8 Å². The van der Waals surface area contributed by atoms with Crippen molar-refractivity contribution in [1.82, 2.24) is 25.1 Å². The number of para-hydroxylation sites is 2. The number of hydrogen-bond acceptors (Lipinski definition) is 4. The molecule has 1 aliphatic rings. The van der Waals surface area contributed by atoms with Gasteiger partial charge in [-0.2, -0.15) is 23.0 Å². The second-order valence-electron chi connectivity index (χ2n) is 8.11. The van der Waals surface area contributed by atoms with Crippen LogP contribution in [0.2, 0.25) is 0 Å². The van der Waals surface area contributed by atoms with Gasteiger partial charge in [-0.1, -0.05) is 24.3 Å². The fraction of sp³-hybridized carbons (Fsp3) is 0.304. The van der Waals surface area contributed by atoms with E-state index in [9.17, 15) is 18.3 Å². The van der Waals surface area contributed by atoms with E-state index in [1.807, 2.05) is 24.3 Å². The molecule has 1 saturated heterocycles. The molecule has 0 spiro atoms. The lowest BCUT2D eigenvalue weighted by molar-refractivity contribution is -0.137. The Hall–Kier alpha value is -3.33. The average Bonchev–Trinajstić information content (AvgIpc) is 3.35. The van der Waals surface area contributed by atoms with Gasteiger partial charge >= 0.3 is 6.18 Å². The number of alkyl halides is 3. The molecule has 0 atom stereocenters. The summed E-state index contributed by atoms with van der Waals surface area (Å²) >= 11 is 0. The van der Waals surface area contributed by atoms with Crippen molar-refractivity contribution < 1.29 is 18.3 Å². The molecular weight excluding hydrogens is 419 g/mol. The van der Waals surface area contributed by atoms with Crippen molar-refractivity contribution >= 4 is 11.0 Å². The fourth-order valence-corrected chi connectivity index (χ4v) is 4.24. The van der Waals surface area contributed by atoms with Gasteiger partial charge < -0.3 is 15.4 Å². The van der Waals surface area contributed by atoms with Gasteiger partial charge in [-0.3, -0.25) is 0 Å². The number of piperidine rings is 1. The first-order chi connectivity index (χ1) is 15.4. The van der Waals surface area contributed by atoms with E-state index in [0.29, 0.717) is 35.1 Å². The van der Waals surface area contributed by atoms with E-state index in [1.165, 1.54) is 16.8 Å². The van der Waals surface area contributed by atoms with Crippen LogP contribution in [-0.4, -0.2) is 37.9 Å². The number of rotatable bonds is 4. The number of H-pyrrole nitrogens is 1. The minimum absolute atomic E-state index is 0.0440. The van der Waals surface area contributed by atoms with Crippen molar-refractivity contribution in [3.8, 4) is 23.1 Å². The number of aromatic hydroxyl groups is 1. The molecule has 1 aliphatic heterocycles.